The first kappa shape index (κ1) is 20.0. The van der Waals surface area contributed by atoms with Crippen molar-refractivity contribution in [3.05, 3.63) is 35.4 Å². The van der Waals surface area contributed by atoms with Crippen molar-refractivity contribution in [2.75, 3.05) is 7.11 Å². The number of hydrogen-bond donors (Lipinski definition) is 0. The second-order valence-electron chi connectivity index (χ2n) is 6.70. The van der Waals surface area contributed by atoms with Crippen molar-refractivity contribution in [3.8, 4) is 0 Å². The quantitative estimate of drug-likeness (QED) is 0.234. The number of fused-ring (bicyclic) bond motifs is 1. The van der Waals surface area contributed by atoms with E-state index in [0.29, 0.717) is 0 Å². The highest BCUT2D eigenvalue weighted by Crippen LogP contribution is 2.42. The van der Waals surface area contributed by atoms with Crippen LogP contribution in [0, 0.1) is 0 Å². The van der Waals surface area contributed by atoms with Crippen LogP contribution in [0.3, 0.4) is 0 Å². The van der Waals surface area contributed by atoms with E-state index in [4.69, 9.17) is 27.0 Å². The van der Waals surface area contributed by atoms with Crippen LogP contribution >= 0.6 is 33.3 Å². The molecule has 27 heavy (non-hydrogen) atoms. The topological polar surface area (TPSA) is 84.0 Å². The van der Waals surface area contributed by atoms with Gasteiger partial charge in [-0.15, -0.1) is 0 Å². The van der Waals surface area contributed by atoms with Gasteiger partial charge in [0, 0.05) is 0 Å². The summed E-state index contributed by atoms with van der Waals surface area (Å²) in [6, 6.07) is 4.03. The number of carbonyl (C=O) groups excluding carboxylic acids is 4. The van der Waals surface area contributed by atoms with Gasteiger partial charge in [0.15, 0.2) is 6.04 Å². The number of alkyl halides is 1. The monoisotopic (exact) mass is 430 g/mol. The molecule has 1 unspecified atom stereocenters. The van der Waals surface area contributed by atoms with Crippen LogP contribution in [0.1, 0.15) is 34.6 Å². The van der Waals surface area contributed by atoms with Crippen LogP contribution < -0.4 is 0 Å². The average Bonchev–Trinajstić information content (AvgIpc) is 2.90. The normalized spacial score (nSPS) is 23.2. The van der Waals surface area contributed by atoms with Gasteiger partial charge in [0.1, 0.15) is 11.5 Å². The van der Waals surface area contributed by atoms with Crippen LogP contribution in [0.15, 0.2) is 24.3 Å². The molecule has 10 heteroatoms. The molecule has 0 bridgehead atoms. The Morgan fingerprint density at radius 1 is 1.19 bits per heavy atom. The predicted octanol–water partition coefficient (Wildman–Crippen LogP) is 2.27. The van der Waals surface area contributed by atoms with Crippen LogP contribution in [0.5, 0.6) is 0 Å². The molecule has 7 nitrogen and oxygen atoms in total. The summed E-state index contributed by atoms with van der Waals surface area (Å²) in [4.78, 5) is 52.3. The fourth-order valence-electron chi connectivity index (χ4n) is 3.31. The molecular weight excluding hydrogens is 415 g/mol. The van der Waals surface area contributed by atoms with Gasteiger partial charge in [0.05, 0.1) is 23.0 Å². The minimum absolute atomic E-state index is 0.221. The maximum atomic E-state index is 12.9. The first-order valence-corrected chi connectivity index (χ1v) is 10.1. The summed E-state index contributed by atoms with van der Waals surface area (Å²) in [5, 5.41) is 0. The summed E-state index contributed by atoms with van der Waals surface area (Å²) in [5.41, 5.74) is -0.635. The number of ether oxygens (including phenoxy) is 1. The second-order valence-corrected chi connectivity index (χ2v) is 8.81. The number of halogens is 2. The number of β-lactam (4-membered cyclic amide) rings is 1. The van der Waals surface area contributed by atoms with Crippen molar-refractivity contribution in [2.45, 2.75) is 36.2 Å². The van der Waals surface area contributed by atoms with Gasteiger partial charge in [0.2, 0.25) is 0 Å². The Kier molecular flexibility index (Phi) is 5.18. The summed E-state index contributed by atoms with van der Waals surface area (Å²) in [6.07, 6.45) is 0. The van der Waals surface area contributed by atoms with Crippen LogP contribution in [0.2, 0.25) is 0 Å². The third-order valence-electron chi connectivity index (χ3n) is 4.70. The molecule has 3 rings (SSSR count). The molecule has 2 aliphatic rings. The summed E-state index contributed by atoms with van der Waals surface area (Å²) in [7, 11) is 7.94. The third kappa shape index (κ3) is 2.90. The van der Waals surface area contributed by atoms with Crippen molar-refractivity contribution in [2.24, 2.45) is 0 Å². The zero-order valence-electron chi connectivity index (χ0n) is 14.6. The molecule has 144 valence electrons. The van der Waals surface area contributed by atoms with E-state index in [1.807, 2.05) is 0 Å². The Morgan fingerprint density at radius 2 is 1.70 bits per heavy atom. The van der Waals surface area contributed by atoms with Gasteiger partial charge in [-0.25, -0.2) is 4.79 Å². The third-order valence-corrected chi connectivity index (χ3v) is 6.96. The lowest BCUT2D eigenvalue weighted by Gasteiger charge is -2.51. The molecule has 0 saturated carbocycles. The van der Waals surface area contributed by atoms with Gasteiger partial charge < -0.3 is 9.64 Å². The molecule has 0 aliphatic carbocycles. The largest absolute Gasteiger partial charge is 0.467 e. The summed E-state index contributed by atoms with van der Waals surface area (Å²) in [6.45, 7) is 3.33. The van der Waals surface area contributed by atoms with Gasteiger partial charge in [-0.2, -0.15) is 0 Å². The highest BCUT2D eigenvalue weighted by Gasteiger charge is 2.61. The minimum Gasteiger partial charge on any atom is -0.467 e. The van der Waals surface area contributed by atoms with E-state index in [2.05, 4.69) is 0 Å². The summed E-state index contributed by atoms with van der Waals surface area (Å²) >= 11 is 6.39. The molecule has 0 radical (unpaired) electrons. The molecule has 1 saturated heterocycles. The number of methoxy groups -OCH3 is 1. The lowest BCUT2D eigenvalue weighted by Crippen LogP contribution is -2.75. The fourth-order valence-corrected chi connectivity index (χ4v) is 4.29. The maximum absolute atomic E-state index is 12.9. The van der Waals surface area contributed by atoms with Gasteiger partial charge >= 0.3 is 5.97 Å². The minimum atomic E-state index is -1.19. The maximum Gasteiger partial charge on any atom is 0.330 e. The van der Waals surface area contributed by atoms with Crippen molar-refractivity contribution in [1.82, 2.24) is 9.80 Å². The van der Waals surface area contributed by atoms with E-state index < -0.39 is 46.0 Å². The Balaban J connectivity index is 1.91. The first-order chi connectivity index (χ1) is 12.7. The van der Waals surface area contributed by atoms with Gasteiger partial charge in [0.25, 0.3) is 17.7 Å². The molecule has 3 atom stereocenters. The first-order valence-electron chi connectivity index (χ1n) is 7.98. The Labute approximate surface area is 169 Å². The van der Waals surface area contributed by atoms with Crippen LogP contribution in [0.4, 0.5) is 0 Å². The molecule has 1 fully saturated rings. The number of hydrogen-bond acceptors (Lipinski definition) is 6. The summed E-state index contributed by atoms with van der Waals surface area (Å²) in [5.74, 6) is -2.47. The molecule has 0 spiro atoms. The van der Waals surface area contributed by atoms with Crippen LogP contribution in [-0.4, -0.2) is 62.9 Å². The second kappa shape index (κ2) is 7.00. The van der Waals surface area contributed by atoms with E-state index >= 15 is 0 Å². The van der Waals surface area contributed by atoms with Crippen molar-refractivity contribution >= 4 is 56.9 Å². The number of likely N-dealkylation sites (tertiary alicyclic amines) is 1. The van der Waals surface area contributed by atoms with Gasteiger partial charge in [-0.1, -0.05) is 23.7 Å². The number of nitrogens with zero attached hydrogens (tertiary/aromatic N) is 2. The number of carbonyl (C=O) groups is 4. The average molecular weight is 431 g/mol. The molecular formula is C17H16Cl2N2O5S. The lowest BCUT2D eigenvalue weighted by molar-refractivity contribution is -0.167. The summed E-state index contributed by atoms with van der Waals surface area (Å²) < 4.78 is 3.88. The van der Waals surface area contributed by atoms with E-state index in [1.165, 1.54) is 19.2 Å². The Morgan fingerprint density at radius 3 is 2.11 bits per heavy atom. The number of imide groups is 1. The smallest absolute Gasteiger partial charge is 0.330 e. The molecule has 2 heterocycles. The Bertz CT molecular complexity index is 811. The standard InChI is InChI=1S/C17H16Cl2N2O5S/c1-17(2,27-19)11(16(25)26-3)21-12(18)10(15(21)24)20-13(22)8-6-4-5-7-9(8)14(20)23/h4-7,10-12H,1-3H3/t10-,11-,12?/m0/s1. The zero-order valence-corrected chi connectivity index (χ0v) is 17.0. The van der Waals surface area contributed by atoms with Gasteiger partial charge in [-0.3, -0.25) is 19.3 Å². The Hall–Kier alpha value is -1.77. The zero-order chi connectivity index (χ0) is 20.1. The molecule has 1 aromatic rings. The van der Waals surface area contributed by atoms with E-state index in [-0.39, 0.29) is 11.1 Å². The molecule has 3 amide bonds. The number of esters is 1. The van der Waals surface area contributed by atoms with Crippen molar-refractivity contribution < 1.29 is 23.9 Å². The van der Waals surface area contributed by atoms with E-state index in [0.717, 1.165) is 20.8 Å². The van der Waals surface area contributed by atoms with E-state index in [9.17, 15) is 19.2 Å². The SMILES string of the molecule is COC(=O)[C@H](N1C(=O)[C@@H](N2C(=O)c3ccccc3C2=O)C1Cl)C(C)(C)SCl. The highest BCUT2D eigenvalue weighted by molar-refractivity contribution is 8.22. The molecule has 2 aliphatic heterocycles. The van der Waals surface area contributed by atoms with Crippen LogP contribution in [-0.2, 0) is 14.3 Å². The van der Waals surface area contributed by atoms with Crippen LogP contribution in [0.25, 0.3) is 0 Å². The van der Waals surface area contributed by atoms with Crippen molar-refractivity contribution in [1.29, 1.82) is 0 Å². The fraction of sp³-hybridized carbons (Fsp3) is 0.412. The highest BCUT2D eigenvalue weighted by atomic mass is 35.7. The number of amides is 3. The lowest BCUT2D eigenvalue weighted by atomic mass is 9.94. The molecule has 0 N–H and O–H groups in total. The van der Waals surface area contributed by atoms with Crippen molar-refractivity contribution in [3.63, 3.8) is 0 Å². The van der Waals surface area contributed by atoms with E-state index in [1.54, 1.807) is 26.0 Å². The predicted molar refractivity (Wildman–Crippen MR) is 101 cm³/mol. The number of benzene rings is 1. The van der Waals surface area contributed by atoms with Gasteiger partial charge in [-0.05, 0) is 47.6 Å². The molecule has 0 aromatic heterocycles. The molecule has 1 aromatic carbocycles. The number of rotatable bonds is 5.